The summed E-state index contributed by atoms with van der Waals surface area (Å²) in [5, 5.41) is 0. The molecule has 0 atom stereocenters. The lowest BCUT2D eigenvalue weighted by atomic mass is 10.0. The van der Waals surface area contributed by atoms with Gasteiger partial charge in [-0.1, -0.05) is 104 Å². The average Bonchev–Trinajstić information content (AvgIpc) is 3.14. The van der Waals surface area contributed by atoms with Crippen LogP contribution in [-0.2, 0) is 11.1 Å². The second-order valence-electron chi connectivity index (χ2n) is 16.4. The van der Waals surface area contributed by atoms with Crippen molar-refractivity contribution in [2.24, 2.45) is 0 Å². The van der Waals surface area contributed by atoms with Crippen molar-refractivity contribution in [3.8, 4) is 28.7 Å². The van der Waals surface area contributed by atoms with Gasteiger partial charge in [-0.25, -0.2) is 0 Å². The zero-order chi connectivity index (χ0) is 42.3. The van der Waals surface area contributed by atoms with Crippen LogP contribution < -0.4 is 22.6 Å². The smallest absolute Gasteiger partial charge is 0.417 e. The minimum atomic E-state index is -2.00. The molecule has 58 heavy (non-hydrogen) atoms. The Hall–Kier alpha value is -3.73. The number of rotatable bonds is 18. The molecule has 9 heteroatoms. The fraction of sp³-hybridized carbons (Fsp3) is 0.388. The van der Waals surface area contributed by atoms with Crippen LogP contribution in [0.2, 0.25) is 0 Å². The zero-order valence-corrected chi connectivity index (χ0v) is 39.5. The molecule has 6 nitrogen and oxygen atoms in total. The van der Waals surface area contributed by atoms with E-state index in [0.717, 1.165) is 83.5 Å². The molecule has 310 valence electrons. The third-order valence-corrected chi connectivity index (χ3v) is 12.7. The SMILES string of the molecule is CSc1cc(C)c(OP(Oc2cc(C)ccc2C(C)C)Oc2cc(C)ccc2C(C)C)c(COP(Oc2cc(C)ccc2C(C)C)Oc2cc(C)ccc2C(C)C)c1. The Morgan fingerprint density at radius 3 is 1.12 bits per heavy atom. The highest BCUT2D eigenvalue weighted by Gasteiger charge is 2.29. The van der Waals surface area contributed by atoms with Gasteiger partial charge in [-0.05, 0) is 151 Å². The summed E-state index contributed by atoms with van der Waals surface area (Å²) in [5.74, 6) is 4.62. The number of hydrogen-bond acceptors (Lipinski definition) is 7. The minimum absolute atomic E-state index is 0.161. The predicted molar refractivity (Wildman–Crippen MR) is 246 cm³/mol. The van der Waals surface area contributed by atoms with Crippen LogP contribution in [0.25, 0.3) is 0 Å². The number of aryl methyl sites for hydroxylation is 5. The zero-order valence-electron chi connectivity index (χ0n) is 36.9. The van der Waals surface area contributed by atoms with Gasteiger partial charge in [0.1, 0.15) is 28.7 Å². The van der Waals surface area contributed by atoms with Gasteiger partial charge in [0, 0.05) is 10.5 Å². The molecule has 0 aromatic heterocycles. The fourth-order valence-corrected chi connectivity index (χ4v) is 9.34. The van der Waals surface area contributed by atoms with Gasteiger partial charge in [-0.3, -0.25) is 4.52 Å². The van der Waals surface area contributed by atoms with Crippen LogP contribution in [0.15, 0.2) is 89.8 Å². The van der Waals surface area contributed by atoms with E-state index in [1.54, 1.807) is 11.8 Å². The molecule has 0 spiro atoms. The average molecular weight is 841 g/mol. The molecule has 0 radical (unpaired) electrons. The van der Waals surface area contributed by atoms with Crippen LogP contribution >= 0.6 is 29.0 Å². The van der Waals surface area contributed by atoms with Crippen LogP contribution in [0.5, 0.6) is 28.7 Å². The molecule has 0 N–H and O–H groups in total. The Balaban J connectivity index is 1.57. The lowest BCUT2D eigenvalue weighted by molar-refractivity contribution is 0.252. The molecule has 0 aliphatic carbocycles. The van der Waals surface area contributed by atoms with Crippen LogP contribution in [0.1, 0.15) is 135 Å². The number of hydrogen-bond donors (Lipinski definition) is 0. The van der Waals surface area contributed by atoms with Crippen molar-refractivity contribution in [3.63, 3.8) is 0 Å². The molecule has 5 rings (SSSR count). The van der Waals surface area contributed by atoms with Crippen molar-refractivity contribution in [1.29, 1.82) is 0 Å². The highest BCUT2D eigenvalue weighted by molar-refractivity contribution is 7.98. The van der Waals surface area contributed by atoms with Gasteiger partial charge in [0.15, 0.2) is 0 Å². The molecule has 0 amide bonds. The summed E-state index contributed by atoms with van der Waals surface area (Å²) in [5.41, 5.74) is 10.5. The Kier molecular flexibility index (Phi) is 16.0. The quantitative estimate of drug-likeness (QED) is 0.0643. The summed E-state index contributed by atoms with van der Waals surface area (Å²) in [6.45, 7) is 27.9. The molecule has 0 saturated heterocycles. The van der Waals surface area contributed by atoms with Crippen molar-refractivity contribution in [3.05, 3.63) is 141 Å². The minimum Gasteiger partial charge on any atom is -0.417 e. The van der Waals surface area contributed by atoms with Gasteiger partial charge in [0.2, 0.25) is 0 Å². The first-order chi connectivity index (χ1) is 27.5. The van der Waals surface area contributed by atoms with E-state index in [9.17, 15) is 0 Å². The van der Waals surface area contributed by atoms with E-state index in [-0.39, 0.29) is 30.3 Å². The van der Waals surface area contributed by atoms with Crippen molar-refractivity contribution < 1.29 is 27.1 Å². The Bertz CT molecular complexity index is 2050. The van der Waals surface area contributed by atoms with Crippen molar-refractivity contribution in [2.45, 2.75) is 125 Å². The molecular formula is C49H62O6P2S. The molecule has 0 bridgehead atoms. The molecule has 0 aliphatic rings. The maximum absolute atomic E-state index is 6.99. The molecule has 0 unspecified atom stereocenters. The fourth-order valence-electron chi connectivity index (χ4n) is 6.60. The summed E-state index contributed by atoms with van der Waals surface area (Å²) in [6.07, 6.45) is 2.07. The van der Waals surface area contributed by atoms with E-state index in [4.69, 9.17) is 27.1 Å². The third-order valence-electron chi connectivity index (χ3n) is 9.91. The first-order valence-corrected chi connectivity index (χ1v) is 23.7. The van der Waals surface area contributed by atoms with Crippen LogP contribution in [-0.4, -0.2) is 6.26 Å². The molecular weight excluding hydrogens is 779 g/mol. The Morgan fingerprint density at radius 2 is 0.793 bits per heavy atom. The second-order valence-corrected chi connectivity index (χ2v) is 19.3. The van der Waals surface area contributed by atoms with Gasteiger partial charge in [0.25, 0.3) is 0 Å². The lowest BCUT2D eigenvalue weighted by Crippen LogP contribution is -2.09. The van der Waals surface area contributed by atoms with Crippen LogP contribution in [0.3, 0.4) is 0 Å². The van der Waals surface area contributed by atoms with E-state index < -0.39 is 17.2 Å². The monoisotopic (exact) mass is 840 g/mol. The summed E-state index contributed by atoms with van der Waals surface area (Å²) >= 11 is 1.67. The molecule has 0 fully saturated rings. The molecule has 0 saturated carbocycles. The molecule has 5 aromatic carbocycles. The topological polar surface area (TPSA) is 55.4 Å². The number of benzene rings is 5. The Morgan fingerprint density at radius 1 is 0.448 bits per heavy atom. The van der Waals surface area contributed by atoms with E-state index >= 15 is 0 Å². The van der Waals surface area contributed by atoms with E-state index in [0.29, 0.717) is 5.75 Å². The first-order valence-electron chi connectivity index (χ1n) is 20.3. The van der Waals surface area contributed by atoms with Crippen molar-refractivity contribution in [1.82, 2.24) is 0 Å². The van der Waals surface area contributed by atoms with Crippen LogP contribution in [0.4, 0.5) is 0 Å². The highest BCUT2D eigenvalue weighted by Crippen LogP contribution is 2.51. The molecule has 0 heterocycles. The molecule has 0 aliphatic heterocycles. The summed E-state index contributed by atoms with van der Waals surface area (Å²) in [7, 11) is -3.93. The van der Waals surface area contributed by atoms with Crippen LogP contribution in [0, 0.1) is 34.6 Å². The van der Waals surface area contributed by atoms with E-state index in [1.807, 2.05) is 0 Å². The predicted octanol–water partition coefficient (Wildman–Crippen LogP) is 16.1. The summed E-state index contributed by atoms with van der Waals surface area (Å²) < 4.78 is 41.0. The van der Waals surface area contributed by atoms with Gasteiger partial charge < -0.3 is 22.6 Å². The maximum atomic E-state index is 6.99. The third kappa shape index (κ3) is 11.9. The van der Waals surface area contributed by atoms with Gasteiger partial charge in [-0.2, -0.15) is 0 Å². The number of thioether (sulfide) groups is 1. The van der Waals surface area contributed by atoms with Crippen molar-refractivity contribution in [2.75, 3.05) is 6.26 Å². The highest BCUT2D eigenvalue weighted by atomic mass is 32.2. The standard InChI is InChI=1S/C49H62O6P2S/c1-30(2)41-19-15-34(9)23-45(41)51-56(52-46-24-35(10)16-20-42(46)31(3)4)50-29-39-28-40(58-14)27-38(13)49(39)55-57(53-47-25-36(11)17-21-43(47)32(5)6)54-48-26-37(12)18-22-44(48)33(7)8/h15-28,30-33H,29H2,1-14H3. The van der Waals surface area contributed by atoms with Gasteiger partial charge in [-0.15, -0.1) is 11.8 Å². The van der Waals surface area contributed by atoms with Gasteiger partial charge >= 0.3 is 17.2 Å². The maximum Gasteiger partial charge on any atom is 0.530 e. The summed E-state index contributed by atoms with van der Waals surface area (Å²) in [6, 6.07) is 29.5. The largest absolute Gasteiger partial charge is 0.530 e. The van der Waals surface area contributed by atoms with Gasteiger partial charge in [0.05, 0.1) is 6.61 Å². The summed E-state index contributed by atoms with van der Waals surface area (Å²) in [4.78, 5) is 1.09. The Labute approximate surface area is 355 Å². The van der Waals surface area contributed by atoms with E-state index in [1.165, 1.54) is 0 Å². The second kappa shape index (κ2) is 20.5. The normalized spacial score (nSPS) is 11.7. The van der Waals surface area contributed by atoms with E-state index in [2.05, 4.69) is 181 Å². The lowest BCUT2D eigenvalue weighted by Gasteiger charge is -2.25. The molecule has 5 aromatic rings. The first kappa shape index (κ1) is 45.4. The van der Waals surface area contributed by atoms with Crippen molar-refractivity contribution >= 4 is 29.0 Å².